The van der Waals surface area contributed by atoms with E-state index in [4.69, 9.17) is 4.74 Å². The van der Waals surface area contributed by atoms with E-state index in [9.17, 15) is 5.11 Å². The third-order valence-corrected chi connectivity index (χ3v) is 4.17. The number of aromatic nitrogens is 1. The van der Waals surface area contributed by atoms with Gasteiger partial charge in [0.05, 0.1) is 19.3 Å². The van der Waals surface area contributed by atoms with E-state index >= 15 is 0 Å². The van der Waals surface area contributed by atoms with E-state index in [-0.39, 0.29) is 6.04 Å². The van der Waals surface area contributed by atoms with E-state index in [1.54, 1.807) is 19.5 Å². The highest BCUT2D eigenvalue weighted by atomic mass is 16.5. The highest BCUT2D eigenvalue weighted by Gasteiger charge is 2.16. The lowest BCUT2D eigenvalue weighted by molar-refractivity contribution is 0.171. The second-order valence-electron chi connectivity index (χ2n) is 5.82. The highest BCUT2D eigenvalue weighted by Crippen LogP contribution is 2.23. The summed E-state index contributed by atoms with van der Waals surface area (Å²) in [6.45, 7) is 0.426. The average molecular weight is 334 g/mol. The van der Waals surface area contributed by atoms with Crippen LogP contribution in [0.5, 0.6) is 5.75 Å². The van der Waals surface area contributed by atoms with Gasteiger partial charge in [0.15, 0.2) is 0 Å². The summed E-state index contributed by atoms with van der Waals surface area (Å²) < 4.78 is 5.23. The molecular formula is C21H22N2O2. The van der Waals surface area contributed by atoms with Gasteiger partial charge in [-0.15, -0.1) is 0 Å². The van der Waals surface area contributed by atoms with Crippen molar-refractivity contribution in [1.82, 2.24) is 10.3 Å². The Morgan fingerprint density at radius 2 is 1.60 bits per heavy atom. The number of hydrogen-bond donors (Lipinski definition) is 2. The summed E-state index contributed by atoms with van der Waals surface area (Å²) in [5.74, 6) is 0.741. The molecule has 0 radical (unpaired) electrons. The summed E-state index contributed by atoms with van der Waals surface area (Å²) >= 11 is 0. The molecule has 3 rings (SSSR count). The van der Waals surface area contributed by atoms with Crippen molar-refractivity contribution in [2.75, 3.05) is 13.7 Å². The van der Waals surface area contributed by atoms with Crippen molar-refractivity contribution in [3.05, 3.63) is 95.8 Å². The Morgan fingerprint density at radius 1 is 0.920 bits per heavy atom. The molecule has 128 valence electrons. The van der Waals surface area contributed by atoms with Gasteiger partial charge in [-0.1, -0.05) is 42.5 Å². The largest absolute Gasteiger partial charge is 0.497 e. The Kier molecular flexibility index (Phi) is 5.77. The van der Waals surface area contributed by atoms with Gasteiger partial charge in [-0.3, -0.25) is 4.98 Å². The Morgan fingerprint density at radius 3 is 2.32 bits per heavy atom. The number of benzene rings is 2. The average Bonchev–Trinajstić information content (AvgIpc) is 2.69. The van der Waals surface area contributed by atoms with Crippen LogP contribution < -0.4 is 10.1 Å². The third-order valence-electron chi connectivity index (χ3n) is 4.17. The van der Waals surface area contributed by atoms with Crippen LogP contribution in [0.25, 0.3) is 0 Å². The predicted octanol–water partition coefficient (Wildman–Crippen LogP) is 3.50. The van der Waals surface area contributed by atoms with Gasteiger partial charge < -0.3 is 15.2 Å². The molecule has 2 unspecified atom stereocenters. The van der Waals surface area contributed by atoms with Gasteiger partial charge in [0.25, 0.3) is 0 Å². The molecule has 0 aliphatic heterocycles. The van der Waals surface area contributed by atoms with Crippen molar-refractivity contribution in [3.63, 3.8) is 0 Å². The molecule has 1 aromatic heterocycles. The number of nitrogens with zero attached hydrogens (tertiary/aromatic N) is 1. The van der Waals surface area contributed by atoms with Crippen LogP contribution in [-0.2, 0) is 0 Å². The number of methoxy groups -OCH3 is 1. The molecule has 1 heterocycles. The van der Waals surface area contributed by atoms with Crippen molar-refractivity contribution in [3.8, 4) is 5.75 Å². The molecule has 2 aromatic carbocycles. The molecule has 2 N–H and O–H groups in total. The standard InChI is InChI=1S/C21H22N2O2/c1-25-19-9-5-8-18(14-19)20(24)15-23-21(16-6-3-2-4-7-16)17-10-12-22-13-11-17/h2-14,20-21,23-24H,15H2,1H3. The van der Waals surface area contributed by atoms with Crippen molar-refractivity contribution in [2.24, 2.45) is 0 Å². The topological polar surface area (TPSA) is 54.4 Å². The first-order chi connectivity index (χ1) is 12.3. The molecule has 25 heavy (non-hydrogen) atoms. The lowest BCUT2D eigenvalue weighted by Crippen LogP contribution is -2.27. The van der Waals surface area contributed by atoms with Gasteiger partial charge in [-0.25, -0.2) is 0 Å². The maximum absolute atomic E-state index is 10.6. The maximum Gasteiger partial charge on any atom is 0.119 e. The number of pyridine rings is 1. The first-order valence-electron chi connectivity index (χ1n) is 8.28. The zero-order valence-corrected chi connectivity index (χ0v) is 14.2. The second kappa shape index (κ2) is 8.42. The lowest BCUT2D eigenvalue weighted by atomic mass is 9.99. The monoisotopic (exact) mass is 334 g/mol. The number of hydrogen-bond acceptors (Lipinski definition) is 4. The lowest BCUT2D eigenvalue weighted by Gasteiger charge is -2.22. The minimum absolute atomic E-state index is 0.00976. The number of aliphatic hydroxyl groups excluding tert-OH is 1. The summed E-state index contributed by atoms with van der Waals surface area (Å²) in [4.78, 5) is 4.09. The quantitative estimate of drug-likeness (QED) is 0.694. The molecule has 2 atom stereocenters. The zero-order valence-electron chi connectivity index (χ0n) is 14.2. The summed E-state index contributed by atoms with van der Waals surface area (Å²) in [6.07, 6.45) is 2.94. The molecule has 4 heteroatoms. The van der Waals surface area contributed by atoms with Gasteiger partial charge >= 0.3 is 0 Å². The second-order valence-corrected chi connectivity index (χ2v) is 5.82. The minimum atomic E-state index is -0.622. The Balaban J connectivity index is 1.77. The van der Waals surface area contributed by atoms with Crippen molar-refractivity contribution in [2.45, 2.75) is 12.1 Å². The molecule has 0 fully saturated rings. The van der Waals surface area contributed by atoms with E-state index < -0.39 is 6.10 Å². The Hall–Kier alpha value is -2.69. The van der Waals surface area contributed by atoms with Crippen molar-refractivity contribution < 1.29 is 9.84 Å². The van der Waals surface area contributed by atoms with Gasteiger partial charge in [-0.2, -0.15) is 0 Å². The maximum atomic E-state index is 10.6. The van der Waals surface area contributed by atoms with E-state index in [2.05, 4.69) is 22.4 Å². The SMILES string of the molecule is COc1cccc(C(O)CNC(c2ccccc2)c2ccncc2)c1. The molecule has 3 aromatic rings. The fourth-order valence-corrected chi connectivity index (χ4v) is 2.83. The van der Waals surface area contributed by atoms with Gasteiger partial charge in [0.2, 0.25) is 0 Å². The summed E-state index contributed by atoms with van der Waals surface area (Å²) in [7, 11) is 1.62. The number of aliphatic hydroxyl groups is 1. The van der Waals surface area contributed by atoms with Crippen LogP contribution >= 0.6 is 0 Å². The fraction of sp³-hybridized carbons (Fsp3) is 0.190. The summed E-state index contributed by atoms with van der Waals surface area (Å²) in [5.41, 5.74) is 3.08. The molecule has 0 aliphatic rings. The molecule has 0 saturated heterocycles. The van der Waals surface area contributed by atoms with E-state index in [1.807, 2.05) is 54.6 Å². The first kappa shape index (κ1) is 17.1. The molecule has 0 amide bonds. The number of ether oxygens (including phenoxy) is 1. The normalized spacial score (nSPS) is 13.2. The van der Waals surface area contributed by atoms with E-state index in [0.717, 1.165) is 22.4 Å². The first-order valence-corrected chi connectivity index (χ1v) is 8.28. The van der Waals surface area contributed by atoms with Crippen LogP contribution in [0.15, 0.2) is 79.1 Å². The van der Waals surface area contributed by atoms with Crippen molar-refractivity contribution in [1.29, 1.82) is 0 Å². The zero-order chi connectivity index (χ0) is 17.5. The number of nitrogens with one attached hydrogen (secondary N) is 1. The molecule has 0 saturated carbocycles. The smallest absolute Gasteiger partial charge is 0.119 e. The molecule has 0 bridgehead atoms. The summed E-state index contributed by atoms with van der Waals surface area (Å²) in [5, 5.41) is 14.0. The molecule has 4 nitrogen and oxygen atoms in total. The van der Waals surface area contributed by atoms with Gasteiger partial charge in [-0.05, 0) is 41.0 Å². The molecule has 0 spiro atoms. The Labute approximate surface area is 148 Å². The predicted molar refractivity (Wildman–Crippen MR) is 98.5 cm³/mol. The van der Waals surface area contributed by atoms with Crippen LogP contribution in [0, 0.1) is 0 Å². The van der Waals surface area contributed by atoms with Crippen LogP contribution in [0.1, 0.15) is 28.8 Å². The molecular weight excluding hydrogens is 312 g/mol. The van der Waals surface area contributed by atoms with Crippen LogP contribution in [0.3, 0.4) is 0 Å². The summed E-state index contributed by atoms with van der Waals surface area (Å²) in [6, 6.07) is 21.7. The number of rotatable bonds is 7. The molecule has 0 aliphatic carbocycles. The fourth-order valence-electron chi connectivity index (χ4n) is 2.83. The van der Waals surface area contributed by atoms with E-state index in [1.165, 1.54) is 0 Å². The van der Waals surface area contributed by atoms with Gasteiger partial charge in [0.1, 0.15) is 5.75 Å². The van der Waals surface area contributed by atoms with Crippen LogP contribution in [0.2, 0.25) is 0 Å². The van der Waals surface area contributed by atoms with Gasteiger partial charge in [0, 0.05) is 18.9 Å². The van der Waals surface area contributed by atoms with Crippen molar-refractivity contribution >= 4 is 0 Å². The van der Waals surface area contributed by atoms with Crippen LogP contribution in [0.4, 0.5) is 0 Å². The minimum Gasteiger partial charge on any atom is -0.497 e. The third kappa shape index (κ3) is 4.44. The van der Waals surface area contributed by atoms with E-state index in [0.29, 0.717) is 6.54 Å². The highest BCUT2D eigenvalue weighted by molar-refractivity contribution is 5.32. The van der Waals surface area contributed by atoms with Crippen LogP contribution in [-0.4, -0.2) is 23.7 Å². The Bertz CT molecular complexity index is 739.